The molecule has 0 saturated carbocycles. The Labute approximate surface area is 240 Å². The number of carbonyl (C=O) groups is 2. The minimum absolute atomic E-state index is 0.00957. The molecule has 2 aromatic carbocycles. The van der Waals surface area contributed by atoms with Crippen molar-refractivity contribution in [2.24, 2.45) is 5.92 Å². The summed E-state index contributed by atoms with van der Waals surface area (Å²) in [6, 6.07) is 16.6. The third kappa shape index (κ3) is 4.77. The van der Waals surface area contributed by atoms with E-state index in [1.807, 2.05) is 52.0 Å². The number of piperidine rings is 1. The van der Waals surface area contributed by atoms with Gasteiger partial charge < -0.3 is 33.3 Å². The van der Waals surface area contributed by atoms with Gasteiger partial charge in [0.05, 0.1) is 0 Å². The number of amides is 1. The van der Waals surface area contributed by atoms with E-state index in [4.69, 9.17) is 28.4 Å². The van der Waals surface area contributed by atoms with Crippen molar-refractivity contribution in [1.29, 1.82) is 0 Å². The van der Waals surface area contributed by atoms with E-state index in [0.29, 0.717) is 25.9 Å². The molecule has 9 heteroatoms. The number of benzene rings is 2. The topological polar surface area (TPSA) is 92.8 Å². The van der Waals surface area contributed by atoms with Gasteiger partial charge in [-0.25, -0.2) is 4.79 Å². The maximum atomic E-state index is 13.8. The smallest absolute Gasteiger partial charge is 0.409 e. The third-order valence-corrected chi connectivity index (χ3v) is 8.93. The lowest BCUT2D eigenvalue weighted by atomic mass is 9.85. The van der Waals surface area contributed by atoms with Gasteiger partial charge in [0.2, 0.25) is 0 Å². The minimum Gasteiger partial charge on any atom is -0.448 e. The molecule has 5 aliphatic rings. The Bertz CT molecular complexity index is 1300. The molecule has 0 aromatic heterocycles. The van der Waals surface area contributed by atoms with Crippen LogP contribution in [0.15, 0.2) is 48.5 Å². The molecule has 0 radical (unpaired) electrons. The van der Waals surface area contributed by atoms with Gasteiger partial charge in [-0.1, -0.05) is 48.5 Å². The lowest BCUT2D eigenvalue weighted by Gasteiger charge is -2.39. The number of ketones is 1. The largest absolute Gasteiger partial charge is 0.448 e. The first kappa shape index (κ1) is 27.0. The Hall–Kier alpha value is -2.82. The van der Waals surface area contributed by atoms with Gasteiger partial charge in [-0.3, -0.25) is 4.79 Å². The molecule has 9 nitrogen and oxygen atoms in total. The van der Waals surface area contributed by atoms with Crippen LogP contribution in [0.2, 0.25) is 0 Å². The van der Waals surface area contributed by atoms with Gasteiger partial charge in [0.15, 0.2) is 23.6 Å². The van der Waals surface area contributed by atoms with Crippen molar-refractivity contribution >= 4 is 11.9 Å². The molecule has 0 bridgehead atoms. The zero-order chi connectivity index (χ0) is 28.5. The third-order valence-electron chi connectivity index (χ3n) is 8.93. The summed E-state index contributed by atoms with van der Waals surface area (Å²) in [5.74, 6) is -2.01. The van der Waals surface area contributed by atoms with E-state index in [9.17, 15) is 9.59 Å². The Morgan fingerprint density at radius 1 is 0.805 bits per heavy atom. The predicted molar refractivity (Wildman–Crippen MR) is 147 cm³/mol. The first-order valence-electron chi connectivity index (χ1n) is 14.6. The lowest BCUT2D eigenvalue weighted by molar-refractivity contribution is -0.232. The molecule has 218 valence electrons. The van der Waals surface area contributed by atoms with Gasteiger partial charge in [-0.15, -0.1) is 0 Å². The lowest BCUT2D eigenvalue weighted by Crippen LogP contribution is -2.58. The summed E-state index contributed by atoms with van der Waals surface area (Å²) in [7, 11) is 0. The van der Waals surface area contributed by atoms with E-state index in [1.54, 1.807) is 4.90 Å². The average Bonchev–Trinajstić information content (AvgIpc) is 3.57. The first-order valence-corrected chi connectivity index (χ1v) is 14.6. The summed E-state index contributed by atoms with van der Waals surface area (Å²) in [4.78, 5) is 28.6. The SMILES string of the molecule is CC1(C)OC2O[C@H](C(=O)C3CCN(C(=O)OCC4c5ccccc5-c5ccccc54)CC3)C3OC(C)(C)OC3C2O1. The van der Waals surface area contributed by atoms with Gasteiger partial charge in [0.25, 0.3) is 0 Å². The number of rotatable bonds is 4. The Morgan fingerprint density at radius 2 is 1.37 bits per heavy atom. The highest BCUT2D eigenvalue weighted by molar-refractivity contribution is 5.87. The molecule has 7 rings (SSSR count). The number of hydrogen-bond acceptors (Lipinski definition) is 8. The van der Waals surface area contributed by atoms with Crippen LogP contribution >= 0.6 is 0 Å². The molecule has 41 heavy (non-hydrogen) atoms. The highest BCUT2D eigenvalue weighted by Crippen LogP contribution is 2.46. The standard InChI is InChI=1S/C32H37NO8/c1-31(2)38-26-25(37-29-28(27(26)39-31)40-32(3,4)41-29)24(34)18-13-15-33(16-14-18)30(35)36-17-23-21-11-7-5-9-19(21)20-10-6-8-12-22(20)23/h5-12,18,23,25-29H,13-17H2,1-4H3/t25-,26?,27?,28?,29?/m1/s1. The number of ether oxygens (including phenoxy) is 6. The van der Waals surface area contributed by atoms with Gasteiger partial charge >= 0.3 is 6.09 Å². The van der Waals surface area contributed by atoms with Crippen LogP contribution in [0, 0.1) is 5.92 Å². The van der Waals surface area contributed by atoms with Crippen LogP contribution < -0.4 is 0 Å². The molecule has 4 aliphatic heterocycles. The molecule has 2 aromatic rings. The van der Waals surface area contributed by atoms with Gasteiger partial charge in [0.1, 0.15) is 31.0 Å². The molecule has 1 aliphatic carbocycles. The molecule has 4 unspecified atom stereocenters. The molecular formula is C32H37NO8. The zero-order valence-electron chi connectivity index (χ0n) is 23.9. The molecular weight excluding hydrogens is 526 g/mol. The molecule has 0 spiro atoms. The van der Waals surface area contributed by atoms with Crippen molar-refractivity contribution in [3.8, 4) is 11.1 Å². The maximum absolute atomic E-state index is 13.8. The predicted octanol–water partition coefficient (Wildman–Crippen LogP) is 4.61. The maximum Gasteiger partial charge on any atom is 0.409 e. The normalized spacial score (nSPS) is 31.7. The van der Waals surface area contributed by atoms with E-state index < -0.39 is 42.3 Å². The summed E-state index contributed by atoms with van der Waals surface area (Å²) < 4.78 is 36.4. The van der Waals surface area contributed by atoms with Crippen LogP contribution in [0.1, 0.15) is 57.6 Å². The van der Waals surface area contributed by atoms with Crippen molar-refractivity contribution in [3.63, 3.8) is 0 Å². The zero-order valence-corrected chi connectivity index (χ0v) is 23.9. The second-order valence-corrected chi connectivity index (χ2v) is 12.6. The van der Waals surface area contributed by atoms with Gasteiger partial charge in [0, 0.05) is 24.9 Å². The van der Waals surface area contributed by atoms with Gasteiger partial charge in [-0.2, -0.15) is 0 Å². The van der Waals surface area contributed by atoms with Crippen LogP contribution in [0.25, 0.3) is 11.1 Å². The van der Waals surface area contributed by atoms with Crippen molar-refractivity contribution in [1.82, 2.24) is 4.90 Å². The van der Waals surface area contributed by atoms with Crippen molar-refractivity contribution in [3.05, 3.63) is 59.7 Å². The van der Waals surface area contributed by atoms with E-state index in [-0.39, 0.29) is 30.3 Å². The molecule has 4 saturated heterocycles. The van der Waals surface area contributed by atoms with Crippen molar-refractivity contribution in [2.45, 2.75) is 88.7 Å². The fourth-order valence-corrected chi connectivity index (χ4v) is 7.11. The molecule has 5 atom stereocenters. The number of likely N-dealkylation sites (tertiary alicyclic amines) is 1. The van der Waals surface area contributed by atoms with E-state index in [0.717, 1.165) is 0 Å². The van der Waals surface area contributed by atoms with Crippen LogP contribution in [-0.4, -0.2) is 78.8 Å². The number of Topliss-reactive ketones (excluding diaryl/α,β-unsaturated/α-hetero) is 1. The summed E-state index contributed by atoms with van der Waals surface area (Å²) in [5, 5.41) is 0. The number of carbonyl (C=O) groups excluding carboxylic acids is 2. The summed E-state index contributed by atoms with van der Waals surface area (Å²) in [6.07, 6.45) is -2.36. The van der Waals surface area contributed by atoms with Crippen LogP contribution in [-0.2, 0) is 33.2 Å². The quantitative estimate of drug-likeness (QED) is 0.533. The molecule has 4 fully saturated rings. The number of fused-ring (bicyclic) bond motifs is 6. The second kappa shape index (κ2) is 9.88. The van der Waals surface area contributed by atoms with Crippen LogP contribution in [0.3, 0.4) is 0 Å². The van der Waals surface area contributed by atoms with Gasteiger partial charge in [-0.05, 0) is 62.8 Å². The number of nitrogens with zero attached hydrogens (tertiary/aromatic N) is 1. The highest BCUT2D eigenvalue weighted by Gasteiger charge is 2.62. The minimum atomic E-state index is -0.865. The fourth-order valence-electron chi connectivity index (χ4n) is 7.11. The summed E-state index contributed by atoms with van der Waals surface area (Å²) in [6.45, 7) is 8.45. The van der Waals surface area contributed by atoms with Crippen LogP contribution in [0.5, 0.6) is 0 Å². The Kier molecular flexibility index (Phi) is 6.52. The molecule has 1 amide bonds. The Morgan fingerprint density at radius 3 is 2.02 bits per heavy atom. The first-order chi connectivity index (χ1) is 19.6. The second-order valence-electron chi connectivity index (χ2n) is 12.6. The highest BCUT2D eigenvalue weighted by atomic mass is 16.9. The van der Waals surface area contributed by atoms with E-state index in [1.165, 1.54) is 22.3 Å². The molecule has 0 N–H and O–H groups in total. The van der Waals surface area contributed by atoms with E-state index in [2.05, 4.69) is 24.3 Å². The molecule has 4 heterocycles. The number of hydrogen-bond donors (Lipinski definition) is 0. The van der Waals surface area contributed by atoms with Crippen LogP contribution in [0.4, 0.5) is 4.79 Å². The Balaban J connectivity index is 0.978. The summed E-state index contributed by atoms with van der Waals surface area (Å²) in [5.41, 5.74) is 4.75. The van der Waals surface area contributed by atoms with Crippen molar-refractivity contribution in [2.75, 3.05) is 19.7 Å². The van der Waals surface area contributed by atoms with Crippen molar-refractivity contribution < 1.29 is 38.0 Å². The summed E-state index contributed by atoms with van der Waals surface area (Å²) >= 11 is 0. The monoisotopic (exact) mass is 563 g/mol. The average molecular weight is 564 g/mol. The van der Waals surface area contributed by atoms with E-state index >= 15 is 0 Å². The fraction of sp³-hybridized carbons (Fsp3) is 0.562.